The van der Waals surface area contributed by atoms with E-state index in [0.717, 1.165) is 29.5 Å². The highest BCUT2D eigenvalue weighted by Crippen LogP contribution is 2.27. The molecule has 0 saturated carbocycles. The van der Waals surface area contributed by atoms with Gasteiger partial charge >= 0.3 is 0 Å². The number of anilines is 2. The van der Waals surface area contributed by atoms with Gasteiger partial charge in [-0.25, -0.2) is 0 Å². The van der Waals surface area contributed by atoms with Crippen molar-refractivity contribution in [1.29, 1.82) is 0 Å². The van der Waals surface area contributed by atoms with Crippen LogP contribution in [0.3, 0.4) is 0 Å². The Morgan fingerprint density at radius 3 is 2.18 bits per heavy atom. The molecule has 1 N–H and O–H groups in total. The van der Waals surface area contributed by atoms with E-state index in [1.54, 1.807) is 7.11 Å². The second-order valence-corrected chi connectivity index (χ2v) is 7.30. The molecule has 4 heteroatoms. The minimum Gasteiger partial charge on any atom is -0.496 e. The number of carbonyl (C=O) groups excluding carboxylic acids is 1. The molecule has 1 aliphatic heterocycles. The molecular formula is C24H26N2O2. The molecule has 1 fully saturated rings. The lowest BCUT2D eigenvalue weighted by molar-refractivity contribution is 0.102. The third-order valence-corrected chi connectivity index (χ3v) is 5.41. The van der Waals surface area contributed by atoms with Crippen LogP contribution in [0.5, 0.6) is 5.75 Å². The van der Waals surface area contributed by atoms with Crippen molar-refractivity contribution < 1.29 is 9.53 Å². The molecule has 0 unspecified atom stereocenters. The third-order valence-electron chi connectivity index (χ3n) is 5.41. The fourth-order valence-corrected chi connectivity index (χ4v) is 3.85. The summed E-state index contributed by atoms with van der Waals surface area (Å²) in [5.41, 5.74) is 2.56. The molecule has 144 valence electrons. The summed E-state index contributed by atoms with van der Waals surface area (Å²) in [6.07, 6.45) is 5.14. The third kappa shape index (κ3) is 3.96. The topological polar surface area (TPSA) is 41.6 Å². The van der Waals surface area contributed by atoms with Gasteiger partial charge in [0.25, 0.3) is 5.91 Å². The fourth-order valence-electron chi connectivity index (χ4n) is 3.85. The number of nitrogens with one attached hydrogen (secondary N) is 1. The van der Waals surface area contributed by atoms with Crippen molar-refractivity contribution in [3.63, 3.8) is 0 Å². The molecule has 4 nitrogen and oxygen atoms in total. The smallest absolute Gasteiger partial charge is 0.259 e. The Bertz CT molecular complexity index is 958. The first-order valence-electron chi connectivity index (χ1n) is 9.98. The number of hydrogen-bond donors (Lipinski definition) is 1. The van der Waals surface area contributed by atoms with Crippen LogP contribution in [-0.2, 0) is 0 Å². The van der Waals surface area contributed by atoms with Gasteiger partial charge in [-0.1, -0.05) is 37.1 Å². The first-order chi connectivity index (χ1) is 13.7. The molecule has 0 aromatic heterocycles. The van der Waals surface area contributed by atoms with E-state index in [9.17, 15) is 4.79 Å². The molecule has 0 atom stereocenters. The number of benzene rings is 3. The van der Waals surface area contributed by atoms with Gasteiger partial charge in [-0.15, -0.1) is 0 Å². The minimum atomic E-state index is -0.162. The molecule has 0 radical (unpaired) electrons. The Hall–Kier alpha value is -3.01. The number of fused-ring (bicyclic) bond motifs is 1. The van der Waals surface area contributed by atoms with Crippen molar-refractivity contribution >= 4 is 28.1 Å². The summed E-state index contributed by atoms with van der Waals surface area (Å²) in [6.45, 7) is 2.22. The summed E-state index contributed by atoms with van der Waals surface area (Å²) in [5.74, 6) is 0.419. The molecule has 0 spiro atoms. The Labute approximate surface area is 166 Å². The lowest BCUT2D eigenvalue weighted by atomic mass is 10.1. The average molecular weight is 374 g/mol. The number of hydrogen-bond acceptors (Lipinski definition) is 3. The summed E-state index contributed by atoms with van der Waals surface area (Å²) >= 11 is 0. The molecule has 3 aromatic rings. The standard InChI is InChI=1S/C24H26N2O2/c1-28-23-17-19-9-5-4-8-18(19)16-22(23)24(27)25-20-10-12-21(13-11-20)26-14-6-2-3-7-15-26/h4-5,8-13,16-17H,2-3,6-7,14-15H2,1H3,(H,25,27). The van der Waals surface area contributed by atoms with E-state index in [1.165, 1.54) is 31.4 Å². The van der Waals surface area contributed by atoms with E-state index in [1.807, 2.05) is 48.5 Å². The van der Waals surface area contributed by atoms with Crippen LogP contribution in [0.4, 0.5) is 11.4 Å². The van der Waals surface area contributed by atoms with E-state index in [4.69, 9.17) is 4.74 Å². The second kappa shape index (κ2) is 8.34. The first kappa shape index (κ1) is 18.4. The fraction of sp³-hybridized carbons (Fsp3) is 0.292. The van der Waals surface area contributed by atoms with Crippen molar-refractivity contribution in [3.8, 4) is 5.75 Å². The van der Waals surface area contributed by atoms with Gasteiger partial charge in [0.05, 0.1) is 12.7 Å². The lowest BCUT2D eigenvalue weighted by Gasteiger charge is -2.22. The van der Waals surface area contributed by atoms with E-state index < -0.39 is 0 Å². The molecule has 1 amide bonds. The molecule has 28 heavy (non-hydrogen) atoms. The Morgan fingerprint density at radius 2 is 1.54 bits per heavy atom. The number of rotatable bonds is 4. The number of nitrogens with zero attached hydrogens (tertiary/aromatic N) is 1. The van der Waals surface area contributed by atoms with Crippen molar-refractivity contribution in [2.45, 2.75) is 25.7 Å². The number of ether oxygens (including phenoxy) is 1. The van der Waals surface area contributed by atoms with Gasteiger partial charge in [0.15, 0.2) is 0 Å². The number of carbonyl (C=O) groups is 1. The predicted octanol–water partition coefficient (Wildman–Crippen LogP) is 5.48. The van der Waals surface area contributed by atoms with Gasteiger partial charge in [0.1, 0.15) is 5.75 Å². The largest absolute Gasteiger partial charge is 0.496 e. The summed E-state index contributed by atoms with van der Waals surface area (Å²) < 4.78 is 5.46. The summed E-state index contributed by atoms with van der Waals surface area (Å²) in [4.78, 5) is 15.3. The number of methoxy groups -OCH3 is 1. The molecule has 0 aliphatic carbocycles. The zero-order valence-electron chi connectivity index (χ0n) is 16.3. The molecule has 1 saturated heterocycles. The number of amides is 1. The maximum atomic E-state index is 12.9. The van der Waals surface area contributed by atoms with Gasteiger partial charge in [-0.2, -0.15) is 0 Å². The highest BCUT2D eigenvalue weighted by molar-refractivity contribution is 6.08. The SMILES string of the molecule is COc1cc2ccccc2cc1C(=O)Nc1ccc(N2CCCCCC2)cc1. The summed E-state index contributed by atoms with van der Waals surface area (Å²) in [7, 11) is 1.59. The van der Waals surface area contributed by atoms with Gasteiger partial charge in [0.2, 0.25) is 0 Å². The first-order valence-corrected chi connectivity index (χ1v) is 9.98. The van der Waals surface area contributed by atoms with Gasteiger partial charge < -0.3 is 15.0 Å². The van der Waals surface area contributed by atoms with E-state index >= 15 is 0 Å². The Kier molecular flexibility index (Phi) is 5.47. The maximum Gasteiger partial charge on any atom is 0.259 e. The molecule has 4 rings (SSSR count). The van der Waals surface area contributed by atoms with Crippen molar-refractivity contribution in [1.82, 2.24) is 0 Å². The molecule has 1 heterocycles. The van der Waals surface area contributed by atoms with Gasteiger partial charge in [-0.05, 0) is 60.0 Å². The second-order valence-electron chi connectivity index (χ2n) is 7.30. The Morgan fingerprint density at radius 1 is 0.893 bits per heavy atom. The van der Waals surface area contributed by atoms with E-state index in [-0.39, 0.29) is 5.91 Å². The summed E-state index contributed by atoms with van der Waals surface area (Å²) in [6, 6.07) is 19.9. The van der Waals surface area contributed by atoms with Crippen LogP contribution in [0, 0.1) is 0 Å². The molecule has 0 bridgehead atoms. The van der Waals surface area contributed by atoms with Crippen LogP contribution in [-0.4, -0.2) is 26.1 Å². The van der Waals surface area contributed by atoms with Crippen LogP contribution in [0.15, 0.2) is 60.7 Å². The van der Waals surface area contributed by atoms with Crippen LogP contribution in [0.1, 0.15) is 36.0 Å². The van der Waals surface area contributed by atoms with Gasteiger partial charge in [0, 0.05) is 24.5 Å². The molecular weight excluding hydrogens is 348 g/mol. The minimum absolute atomic E-state index is 0.162. The lowest BCUT2D eigenvalue weighted by Crippen LogP contribution is -2.23. The quantitative estimate of drug-likeness (QED) is 0.657. The van der Waals surface area contributed by atoms with Gasteiger partial charge in [-0.3, -0.25) is 4.79 Å². The molecule has 3 aromatic carbocycles. The van der Waals surface area contributed by atoms with Crippen LogP contribution in [0.25, 0.3) is 10.8 Å². The Balaban J connectivity index is 1.52. The maximum absolute atomic E-state index is 12.9. The predicted molar refractivity (Wildman–Crippen MR) is 116 cm³/mol. The van der Waals surface area contributed by atoms with E-state index in [0.29, 0.717) is 11.3 Å². The van der Waals surface area contributed by atoms with Crippen molar-refractivity contribution in [2.75, 3.05) is 30.4 Å². The van der Waals surface area contributed by atoms with Crippen LogP contribution in [0.2, 0.25) is 0 Å². The van der Waals surface area contributed by atoms with Crippen molar-refractivity contribution in [2.24, 2.45) is 0 Å². The normalized spacial score (nSPS) is 14.5. The molecule has 1 aliphatic rings. The van der Waals surface area contributed by atoms with Crippen molar-refractivity contribution in [3.05, 3.63) is 66.2 Å². The zero-order chi connectivity index (χ0) is 19.3. The zero-order valence-corrected chi connectivity index (χ0v) is 16.3. The monoisotopic (exact) mass is 374 g/mol. The van der Waals surface area contributed by atoms with Crippen LogP contribution < -0.4 is 15.0 Å². The highest BCUT2D eigenvalue weighted by Gasteiger charge is 2.15. The summed E-state index contributed by atoms with van der Waals surface area (Å²) in [5, 5.41) is 5.07. The highest BCUT2D eigenvalue weighted by atomic mass is 16.5. The van der Waals surface area contributed by atoms with E-state index in [2.05, 4.69) is 22.3 Å². The average Bonchev–Trinajstić information content (AvgIpc) is 3.03. The van der Waals surface area contributed by atoms with Crippen LogP contribution >= 0.6 is 0 Å².